The van der Waals surface area contributed by atoms with E-state index in [0.29, 0.717) is 16.2 Å². The van der Waals surface area contributed by atoms with E-state index >= 15 is 0 Å². The van der Waals surface area contributed by atoms with Crippen molar-refractivity contribution in [3.63, 3.8) is 0 Å². The fraction of sp³-hybridized carbons (Fsp3) is 0.320. The normalized spacial score (nSPS) is 15.0. The van der Waals surface area contributed by atoms with Gasteiger partial charge in [-0.25, -0.2) is 13.2 Å². The summed E-state index contributed by atoms with van der Waals surface area (Å²) < 4.78 is 31.3. The van der Waals surface area contributed by atoms with E-state index in [1.54, 1.807) is 12.1 Å². The van der Waals surface area contributed by atoms with Gasteiger partial charge in [0.25, 0.3) is 0 Å². The maximum absolute atomic E-state index is 13.0. The Hall–Kier alpha value is -2.44. The van der Waals surface area contributed by atoms with Crippen molar-refractivity contribution in [3.05, 3.63) is 77.4 Å². The van der Waals surface area contributed by atoms with Gasteiger partial charge in [0, 0.05) is 4.88 Å². The van der Waals surface area contributed by atoms with Gasteiger partial charge in [-0.3, -0.25) is 0 Å². The van der Waals surface area contributed by atoms with Crippen LogP contribution in [0.4, 0.5) is 0 Å². The molecular weight excluding hydrogens is 428 g/mol. The Morgan fingerprint density at radius 1 is 0.968 bits per heavy atom. The highest BCUT2D eigenvalue weighted by Crippen LogP contribution is 2.36. The van der Waals surface area contributed by atoms with Gasteiger partial charge in [-0.2, -0.15) is 0 Å². The van der Waals surface area contributed by atoms with Crippen LogP contribution in [0.15, 0.2) is 64.9 Å². The number of ether oxygens (including phenoxy) is 1. The van der Waals surface area contributed by atoms with E-state index in [1.165, 1.54) is 18.4 Å². The van der Waals surface area contributed by atoms with Crippen LogP contribution in [0.1, 0.15) is 53.6 Å². The van der Waals surface area contributed by atoms with Gasteiger partial charge in [0.2, 0.25) is 0 Å². The summed E-state index contributed by atoms with van der Waals surface area (Å²) in [4.78, 5) is 12.7. The van der Waals surface area contributed by atoms with Crippen molar-refractivity contribution >= 4 is 27.1 Å². The molecule has 3 aromatic rings. The number of methoxy groups -OCH3 is 1. The van der Waals surface area contributed by atoms with Gasteiger partial charge in [0.1, 0.15) is 4.21 Å². The Morgan fingerprint density at radius 2 is 1.68 bits per heavy atom. The van der Waals surface area contributed by atoms with E-state index in [-0.39, 0.29) is 11.2 Å². The largest absolute Gasteiger partial charge is 0.465 e. The molecule has 0 N–H and O–H groups in total. The smallest absolute Gasteiger partial charge is 0.337 e. The molecular formula is C25H26O4S2. The first kappa shape index (κ1) is 21.8. The maximum atomic E-state index is 13.0. The molecule has 0 aliphatic heterocycles. The van der Waals surface area contributed by atoms with Crippen molar-refractivity contribution in [1.29, 1.82) is 0 Å². The van der Waals surface area contributed by atoms with Gasteiger partial charge in [-0.1, -0.05) is 55.7 Å². The van der Waals surface area contributed by atoms with E-state index in [2.05, 4.69) is 6.07 Å². The van der Waals surface area contributed by atoms with E-state index in [1.807, 2.05) is 42.5 Å². The number of hydrogen-bond donors (Lipinski definition) is 0. The Kier molecular flexibility index (Phi) is 6.58. The molecule has 0 amide bonds. The molecule has 2 aromatic carbocycles. The average Bonchev–Trinajstić information content (AvgIpc) is 3.31. The zero-order valence-corrected chi connectivity index (χ0v) is 19.2. The molecule has 1 aliphatic rings. The fourth-order valence-corrected chi connectivity index (χ4v) is 7.58. The van der Waals surface area contributed by atoms with E-state index < -0.39 is 9.84 Å². The minimum atomic E-state index is -3.25. The second-order valence-corrected chi connectivity index (χ2v) is 11.5. The van der Waals surface area contributed by atoms with Gasteiger partial charge >= 0.3 is 5.97 Å². The summed E-state index contributed by atoms with van der Waals surface area (Å²) >= 11 is 1.36. The van der Waals surface area contributed by atoms with Crippen molar-refractivity contribution in [1.82, 2.24) is 0 Å². The summed E-state index contributed by atoms with van der Waals surface area (Å²) in [5.41, 5.74) is 3.67. The number of benzene rings is 2. The van der Waals surface area contributed by atoms with Gasteiger partial charge in [-0.05, 0) is 60.2 Å². The number of hydrogen-bond acceptors (Lipinski definition) is 5. The van der Waals surface area contributed by atoms with Crippen LogP contribution in [0.3, 0.4) is 0 Å². The van der Waals surface area contributed by atoms with Crippen LogP contribution in [-0.2, 0) is 21.0 Å². The van der Waals surface area contributed by atoms with Crippen molar-refractivity contribution in [2.24, 2.45) is 0 Å². The van der Waals surface area contributed by atoms with Crippen LogP contribution >= 0.6 is 11.3 Å². The lowest BCUT2D eigenvalue weighted by Crippen LogP contribution is -2.23. The number of carbonyl (C=O) groups excluding carboxylic acids is 1. The van der Waals surface area contributed by atoms with E-state index in [0.717, 1.165) is 53.7 Å². The molecule has 1 aliphatic carbocycles. The molecule has 0 spiro atoms. The highest BCUT2D eigenvalue weighted by atomic mass is 32.2. The quantitative estimate of drug-likeness (QED) is 0.435. The lowest BCUT2D eigenvalue weighted by molar-refractivity contribution is 0.0600. The molecule has 1 fully saturated rings. The molecule has 0 radical (unpaired) electrons. The summed E-state index contributed by atoms with van der Waals surface area (Å²) in [5.74, 6) is -0.346. The molecule has 162 valence electrons. The monoisotopic (exact) mass is 454 g/mol. The third kappa shape index (κ3) is 4.91. The maximum Gasteiger partial charge on any atom is 0.337 e. The first-order valence-electron chi connectivity index (χ1n) is 10.6. The number of sulfone groups is 1. The molecule has 1 saturated carbocycles. The van der Waals surface area contributed by atoms with Crippen LogP contribution in [0.5, 0.6) is 0 Å². The van der Waals surface area contributed by atoms with Gasteiger partial charge < -0.3 is 4.74 Å². The van der Waals surface area contributed by atoms with Crippen LogP contribution < -0.4 is 0 Å². The summed E-state index contributed by atoms with van der Waals surface area (Å²) in [6, 6.07) is 19.2. The zero-order valence-electron chi connectivity index (χ0n) is 17.5. The molecule has 0 bridgehead atoms. The second-order valence-electron chi connectivity index (χ2n) is 7.99. The molecule has 4 rings (SSSR count). The lowest BCUT2D eigenvalue weighted by atomic mass is 10.0. The third-order valence-electron chi connectivity index (χ3n) is 5.82. The predicted octanol–water partition coefficient (Wildman–Crippen LogP) is 5.90. The second kappa shape index (κ2) is 9.37. The van der Waals surface area contributed by atoms with Crippen molar-refractivity contribution < 1.29 is 17.9 Å². The number of carbonyl (C=O) groups is 1. The fourth-order valence-electron chi connectivity index (χ4n) is 4.16. The molecule has 0 unspecified atom stereocenters. The molecule has 31 heavy (non-hydrogen) atoms. The van der Waals surface area contributed by atoms with Crippen molar-refractivity contribution in [2.75, 3.05) is 7.11 Å². The van der Waals surface area contributed by atoms with Crippen molar-refractivity contribution in [3.8, 4) is 10.4 Å². The predicted molar refractivity (Wildman–Crippen MR) is 124 cm³/mol. The first-order chi connectivity index (χ1) is 15.0. The van der Waals surface area contributed by atoms with Crippen LogP contribution in [0.25, 0.3) is 10.4 Å². The van der Waals surface area contributed by atoms with E-state index in [9.17, 15) is 13.2 Å². The number of esters is 1. The minimum absolute atomic E-state index is 0.235. The standard InChI is InChI=1S/C25H26O4S2/c1-29-25(26)21-10-6-8-19(17-21)15-18-7-5-9-20(16-18)23-13-14-24(30-23)31(27,28)22-11-3-2-4-12-22/h5-10,13-14,16-17,22H,2-4,11-12,15H2,1H3. The summed E-state index contributed by atoms with van der Waals surface area (Å²) in [7, 11) is -1.87. The first-order valence-corrected chi connectivity index (χ1v) is 12.9. The van der Waals surface area contributed by atoms with E-state index in [4.69, 9.17) is 4.74 Å². The Bertz CT molecular complexity index is 1170. The molecule has 4 nitrogen and oxygen atoms in total. The van der Waals surface area contributed by atoms with Gasteiger partial charge in [0.15, 0.2) is 9.84 Å². The van der Waals surface area contributed by atoms with Gasteiger partial charge in [0.05, 0.1) is 17.9 Å². The lowest BCUT2D eigenvalue weighted by Gasteiger charge is -2.20. The minimum Gasteiger partial charge on any atom is -0.465 e. The Balaban J connectivity index is 1.55. The zero-order chi connectivity index (χ0) is 21.8. The molecule has 0 atom stereocenters. The van der Waals surface area contributed by atoms with Gasteiger partial charge in [-0.15, -0.1) is 11.3 Å². The van der Waals surface area contributed by atoms with Crippen LogP contribution in [0, 0.1) is 0 Å². The highest BCUT2D eigenvalue weighted by molar-refractivity contribution is 7.94. The summed E-state index contributed by atoms with van der Waals surface area (Å²) in [6.07, 6.45) is 5.36. The average molecular weight is 455 g/mol. The number of thiophene rings is 1. The third-order valence-corrected chi connectivity index (χ3v) is 9.74. The summed E-state index contributed by atoms with van der Waals surface area (Å²) in [5, 5.41) is -0.235. The molecule has 1 heterocycles. The highest BCUT2D eigenvalue weighted by Gasteiger charge is 2.30. The topological polar surface area (TPSA) is 60.4 Å². The Morgan fingerprint density at radius 3 is 2.42 bits per heavy atom. The molecule has 0 saturated heterocycles. The summed E-state index contributed by atoms with van der Waals surface area (Å²) in [6.45, 7) is 0. The van der Waals surface area contributed by atoms with Crippen molar-refractivity contribution in [2.45, 2.75) is 48.0 Å². The SMILES string of the molecule is COC(=O)c1cccc(Cc2cccc(-c3ccc(S(=O)(=O)C4CCCCC4)s3)c2)c1. The molecule has 1 aromatic heterocycles. The van der Waals surface area contributed by atoms with Crippen LogP contribution in [0.2, 0.25) is 0 Å². The molecule has 6 heteroatoms. The van der Waals surface area contributed by atoms with Crippen LogP contribution in [-0.4, -0.2) is 26.7 Å². The number of rotatable bonds is 6. The Labute approximate surface area is 187 Å².